The van der Waals surface area contributed by atoms with Crippen LogP contribution in [-0.2, 0) is 0 Å². The molecule has 3 fully saturated rings. The van der Waals surface area contributed by atoms with Crippen molar-refractivity contribution < 1.29 is 4.74 Å². The Bertz CT molecular complexity index is 1550. The number of anilines is 1. The largest absolute Gasteiger partial charge is 0.457 e. The molecule has 10 heteroatoms. The van der Waals surface area contributed by atoms with Gasteiger partial charge in [-0.05, 0) is 94.1 Å². The molecule has 220 valence electrons. The van der Waals surface area contributed by atoms with Gasteiger partial charge in [-0.2, -0.15) is 0 Å². The fraction of sp³-hybridized carbons (Fsp3) is 0.469. The van der Waals surface area contributed by atoms with Crippen LogP contribution in [0.5, 0.6) is 11.5 Å². The summed E-state index contributed by atoms with van der Waals surface area (Å²) in [6.07, 6.45) is 7.20. The SMILES string of the molecule is Nc1ncnc2c1n(-c1ccc(Oc3ccccc3)cc1)c(=O)n2C1CCN(CCC2CCN(C3CNC3)CC2)CC1. The molecule has 3 N–H and O–H groups in total. The Morgan fingerprint density at radius 3 is 2.26 bits per heavy atom. The second-order valence-corrected chi connectivity index (χ2v) is 12.0. The normalized spacial score (nSPS) is 19.7. The number of piperidine rings is 2. The van der Waals surface area contributed by atoms with E-state index in [4.69, 9.17) is 10.5 Å². The summed E-state index contributed by atoms with van der Waals surface area (Å²) in [7, 11) is 0. The molecular weight excluding hydrogens is 528 g/mol. The van der Waals surface area contributed by atoms with Crippen molar-refractivity contribution in [1.29, 1.82) is 0 Å². The Balaban J connectivity index is 1.03. The monoisotopic (exact) mass is 568 g/mol. The Morgan fingerprint density at radius 1 is 0.857 bits per heavy atom. The van der Waals surface area contributed by atoms with Gasteiger partial charge in [0.2, 0.25) is 0 Å². The summed E-state index contributed by atoms with van der Waals surface area (Å²) in [5.74, 6) is 2.59. The van der Waals surface area contributed by atoms with E-state index in [1.165, 1.54) is 38.7 Å². The molecule has 3 aliphatic rings. The van der Waals surface area contributed by atoms with Gasteiger partial charge in [0.05, 0.1) is 5.69 Å². The molecule has 0 unspecified atom stereocenters. The summed E-state index contributed by atoms with van der Waals surface area (Å²) >= 11 is 0. The molecule has 0 saturated carbocycles. The highest BCUT2D eigenvalue weighted by Gasteiger charge is 2.30. The van der Waals surface area contributed by atoms with Crippen LogP contribution in [0.25, 0.3) is 16.9 Å². The van der Waals surface area contributed by atoms with Crippen LogP contribution in [0.3, 0.4) is 0 Å². The number of imidazole rings is 1. The molecular formula is C32H40N8O2. The molecule has 5 heterocycles. The Morgan fingerprint density at radius 2 is 1.57 bits per heavy atom. The van der Waals surface area contributed by atoms with E-state index < -0.39 is 0 Å². The predicted octanol–water partition coefficient (Wildman–Crippen LogP) is 3.67. The molecule has 0 radical (unpaired) electrons. The van der Waals surface area contributed by atoms with Crippen LogP contribution in [0, 0.1) is 5.92 Å². The lowest BCUT2D eigenvalue weighted by molar-refractivity contribution is 0.0898. The van der Waals surface area contributed by atoms with Gasteiger partial charge in [-0.25, -0.2) is 14.8 Å². The van der Waals surface area contributed by atoms with Gasteiger partial charge in [-0.1, -0.05) is 18.2 Å². The predicted molar refractivity (Wildman–Crippen MR) is 164 cm³/mol. The molecule has 7 rings (SSSR count). The van der Waals surface area contributed by atoms with Gasteiger partial charge in [0.25, 0.3) is 0 Å². The number of nitrogens with one attached hydrogen (secondary N) is 1. The Hall–Kier alpha value is -3.73. The quantitative estimate of drug-likeness (QED) is 0.332. The summed E-state index contributed by atoms with van der Waals surface area (Å²) in [6, 6.07) is 18.0. The third kappa shape index (κ3) is 5.42. The lowest BCUT2D eigenvalue weighted by atomic mass is 9.91. The number of benzene rings is 2. The number of nitrogens with zero attached hydrogens (tertiary/aromatic N) is 6. The third-order valence-corrected chi connectivity index (χ3v) is 9.46. The maximum atomic E-state index is 14.0. The maximum Gasteiger partial charge on any atom is 0.335 e. The average molecular weight is 569 g/mol. The van der Waals surface area contributed by atoms with Crippen molar-refractivity contribution in [2.24, 2.45) is 5.92 Å². The zero-order valence-electron chi connectivity index (χ0n) is 24.1. The second-order valence-electron chi connectivity index (χ2n) is 12.0. The summed E-state index contributed by atoms with van der Waals surface area (Å²) in [5.41, 5.74) is 8.09. The van der Waals surface area contributed by atoms with E-state index in [-0.39, 0.29) is 11.7 Å². The zero-order valence-corrected chi connectivity index (χ0v) is 24.1. The number of hydrogen-bond acceptors (Lipinski definition) is 8. The lowest BCUT2D eigenvalue weighted by Gasteiger charge is -2.42. The molecule has 4 aromatic rings. The lowest BCUT2D eigenvalue weighted by Crippen LogP contribution is -2.58. The minimum absolute atomic E-state index is 0.0758. The Labute approximate surface area is 246 Å². The van der Waals surface area contributed by atoms with Crippen LogP contribution < -0.4 is 21.5 Å². The number of hydrogen-bond donors (Lipinski definition) is 2. The molecule has 10 nitrogen and oxygen atoms in total. The smallest absolute Gasteiger partial charge is 0.335 e. The van der Waals surface area contributed by atoms with E-state index in [0.29, 0.717) is 28.4 Å². The van der Waals surface area contributed by atoms with Gasteiger partial charge in [-0.3, -0.25) is 14.0 Å². The van der Waals surface area contributed by atoms with Crippen molar-refractivity contribution in [2.45, 2.75) is 44.2 Å². The van der Waals surface area contributed by atoms with Crippen molar-refractivity contribution in [3.63, 3.8) is 0 Å². The van der Waals surface area contributed by atoms with Crippen molar-refractivity contribution in [3.8, 4) is 17.2 Å². The number of fused-ring (bicyclic) bond motifs is 1. The molecule has 3 saturated heterocycles. The van der Waals surface area contributed by atoms with Crippen LogP contribution in [0.1, 0.15) is 38.1 Å². The topological polar surface area (TPSA) is 106 Å². The van der Waals surface area contributed by atoms with E-state index in [1.54, 1.807) is 4.57 Å². The van der Waals surface area contributed by atoms with Gasteiger partial charge in [0.15, 0.2) is 11.5 Å². The molecule has 0 amide bonds. The number of nitrogen functional groups attached to an aromatic ring is 1. The first-order valence-corrected chi connectivity index (χ1v) is 15.4. The number of nitrogens with two attached hydrogens (primary N) is 1. The fourth-order valence-corrected chi connectivity index (χ4v) is 6.83. The highest BCUT2D eigenvalue weighted by molar-refractivity contribution is 5.84. The van der Waals surface area contributed by atoms with Gasteiger partial charge >= 0.3 is 5.69 Å². The number of ether oxygens (including phenoxy) is 1. The van der Waals surface area contributed by atoms with Gasteiger partial charge < -0.3 is 20.7 Å². The van der Waals surface area contributed by atoms with E-state index in [0.717, 1.165) is 63.3 Å². The van der Waals surface area contributed by atoms with Crippen molar-refractivity contribution >= 4 is 17.0 Å². The maximum absolute atomic E-state index is 14.0. The number of likely N-dealkylation sites (tertiary alicyclic amines) is 2. The van der Waals surface area contributed by atoms with Crippen LogP contribution in [-0.4, -0.2) is 80.8 Å². The first kappa shape index (κ1) is 27.1. The highest BCUT2D eigenvalue weighted by atomic mass is 16.5. The summed E-state index contributed by atoms with van der Waals surface area (Å²) in [4.78, 5) is 28.0. The van der Waals surface area contributed by atoms with E-state index >= 15 is 0 Å². The van der Waals surface area contributed by atoms with Gasteiger partial charge in [-0.15, -0.1) is 0 Å². The highest BCUT2D eigenvalue weighted by Crippen LogP contribution is 2.30. The standard InChI is InChI=1S/C32H40N8O2/c33-30-29-31(36-22-35-30)40(32(41)39(29)24-6-8-28(9-7-24)42-27-4-2-1-3-5-27)25-13-16-37(17-14-25)15-10-23-11-18-38(19-12-23)26-20-34-21-26/h1-9,22-23,25-26,34H,10-21H2,(H2,33,35,36). The average Bonchev–Trinajstić information content (AvgIpc) is 3.30. The van der Waals surface area contributed by atoms with Crippen LogP contribution in [0.2, 0.25) is 0 Å². The van der Waals surface area contributed by atoms with Crippen molar-refractivity contribution in [2.75, 3.05) is 51.5 Å². The number of rotatable bonds is 8. The zero-order chi connectivity index (χ0) is 28.5. The van der Waals surface area contributed by atoms with E-state index in [2.05, 4.69) is 25.1 Å². The minimum Gasteiger partial charge on any atom is -0.457 e. The van der Waals surface area contributed by atoms with Gasteiger partial charge in [0.1, 0.15) is 23.3 Å². The van der Waals surface area contributed by atoms with Crippen LogP contribution >= 0.6 is 0 Å². The van der Waals surface area contributed by atoms with Crippen LogP contribution in [0.15, 0.2) is 65.7 Å². The number of aromatic nitrogens is 4. The Kier molecular flexibility index (Phi) is 7.67. The molecule has 42 heavy (non-hydrogen) atoms. The van der Waals surface area contributed by atoms with E-state index in [9.17, 15) is 4.79 Å². The molecule has 0 atom stereocenters. The summed E-state index contributed by atoms with van der Waals surface area (Å²) in [5, 5.41) is 3.40. The van der Waals surface area contributed by atoms with Crippen molar-refractivity contribution in [3.05, 3.63) is 71.4 Å². The fourth-order valence-electron chi connectivity index (χ4n) is 6.83. The van der Waals surface area contributed by atoms with Gasteiger partial charge in [0, 0.05) is 38.3 Å². The molecule has 2 aromatic carbocycles. The number of para-hydroxylation sites is 1. The summed E-state index contributed by atoms with van der Waals surface area (Å²) in [6.45, 7) is 7.95. The molecule has 0 bridgehead atoms. The minimum atomic E-state index is -0.124. The molecule has 0 spiro atoms. The molecule has 2 aromatic heterocycles. The summed E-state index contributed by atoms with van der Waals surface area (Å²) < 4.78 is 9.45. The second kappa shape index (κ2) is 11.9. The third-order valence-electron chi connectivity index (χ3n) is 9.46. The molecule has 3 aliphatic heterocycles. The first-order chi connectivity index (χ1) is 20.6. The van der Waals surface area contributed by atoms with Crippen molar-refractivity contribution in [1.82, 2.24) is 34.2 Å². The van der Waals surface area contributed by atoms with Crippen LogP contribution in [0.4, 0.5) is 5.82 Å². The molecule has 0 aliphatic carbocycles. The first-order valence-electron chi connectivity index (χ1n) is 15.4. The van der Waals surface area contributed by atoms with E-state index in [1.807, 2.05) is 59.2 Å².